The maximum absolute atomic E-state index is 13.3. The lowest BCUT2D eigenvalue weighted by Gasteiger charge is -2.10. The third-order valence-electron chi connectivity index (χ3n) is 5.27. The molecule has 0 saturated heterocycles. The van der Waals surface area contributed by atoms with Crippen molar-refractivity contribution in [1.29, 1.82) is 0 Å². The van der Waals surface area contributed by atoms with E-state index in [0.717, 1.165) is 16.9 Å². The molecule has 0 aliphatic rings. The van der Waals surface area contributed by atoms with Crippen LogP contribution in [0.1, 0.15) is 21.7 Å². The summed E-state index contributed by atoms with van der Waals surface area (Å²) >= 11 is 0. The molecule has 8 heteroatoms. The van der Waals surface area contributed by atoms with Crippen LogP contribution < -0.4 is 10.1 Å². The minimum atomic E-state index is -0.215. The maximum Gasteiger partial charge on any atom is 0.252 e. The molecule has 8 nitrogen and oxygen atoms in total. The minimum absolute atomic E-state index is 0.215. The number of carbonyl (C=O) groups is 1. The van der Waals surface area contributed by atoms with E-state index in [1.807, 2.05) is 48.5 Å². The van der Waals surface area contributed by atoms with Crippen LogP contribution in [0.15, 0.2) is 83.7 Å². The molecular weight excluding hydrogens is 418 g/mol. The lowest BCUT2D eigenvalue weighted by molar-refractivity contribution is 0.0952. The van der Waals surface area contributed by atoms with Crippen LogP contribution >= 0.6 is 0 Å². The maximum atomic E-state index is 13.3. The number of hydrogen-bond acceptors (Lipinski definition) is 6. The van der Waals surface area contributed by atoms with E-state index in [9.17, 15) is 4.79 Å². The Balaban J connectivity index is 1.52. The highest BCUT2D eigenvalue weighted by molar-refractivity contribution is 6.06. The Morgan fingerprint density at radius 3 is 2.79 bits per heavy atom. The summed E-state index contributed by atoms with van der Waals surface area (Å²) in [5, 5.41) is 8.14. The van der Waals surface area contributed by atoms with Gasteiger partial charge in [0.1, 0.15) is 12.3 Å². The van der Waals surface area contributed by atoms with E-state index in [1.165, 1.54) is 0 Å². The van der Waals surface area contributed by atoms with Crippen molar-refractivity contribution in [3.8, 4) is 17.1 Å². The van der Waals surface area contributed by atoms with Gasteiger partial charge in [-0.25, -0.2) is 14.6 Å². The summed E-state index contributed by atoms with van der Waals surface area (Å²) in [5.74, 6) is 1.04. The number of ether oxygens (including phenoxy) is 1. The van der Waals surface area contributed by atoms with Crippen molar-refractivity contribution < 1.29 is 13.9 Å². The highest BCUT2D eigenvalue weighted by Gasteiger charge is 2.18. The van der Waals surface area contributed by atoms with Gasteiger partial charge in [-0.05, 0) is 29.8 Å². The van der Waals surface area contributed by atoms with Gasteiger partial charge in [0.05, 0.1) is 36.2 Å². The number of amides is 1. The zero-order valence-corrected chi connectivity index (χ0v) is 17.9. The molecule has 4 aromatic heterocycles. The van der Waals surface area contributed by atoms with Crippen LogP contribution in [0.4, 0.5) is 0 Å². The molecular formula is C25H21N5O3. The van der Waals surface area contributed by atoms with Crippen molar-refractivity contribution in [2.24, 2.45) is 0 Å². The van der Waals surface area contributed by atoms with Gasteiger partial charge in [-0.1, -0.05) is 30.3 Å². The molecule has 33 heavy (non-hydrogen) atoms. The first kappa shape index (κ1) is 20.4. The molecule has 0 radical (unpaired) electrons. The summed E-state index contributed by atoms with van der Waals surface area (Å²) in [5.41, 5.74) is 3.62. The second kappa shape index (κ2) is 8.96. The lowest BCUT2D eigenvalue weighted by Crippen LogP contribution is -2.23. The van der Waals surface area contributed by atoms with E-state index < -0.39 is 0 Å². The Morgan fingerprint density at radius 2 is 2.00 bits per heavy atom. The Kier molecular flexibility index (Phi) is 5.55. The Labute approximate surface area is 189 Å². The first-order chi connectivity index (χ1) is 16.2. The first-order valence-corrected chi connectivity index (χ1v) is 10.4. The second-order valence-corrected chi connectivity index (χ2v) is 7.43. The van der Waals surface area contributed by atoms with Crippen LogP contribution in [0.5, 0.6) is 5.88 Å². The normalized spacial score (nSPS) is 10.9. The predicted octanol–water partition coefficient (Wildman–Crippen LogP) is 4.07. The van der Waals surface area contributed by atoms with E-state index in [4.69, 9.17) is 14.1 Å². The van der Waals surface area contributed by atoms with Gasteiger partial charge in [-0.2, -0.15) is 5.10 Å². The highest BCUT2D eigenvalue weighted by atomic mass is 16.5. The molecule has 5 aromatic rings. The molecule has 1 amide bonds. The number of aromatic nitrogens is 4. The quantitative estimate of drug-likeness (QED) is 0.411. The van der Waals surface area contributed by atoms with Gasteiger partial charge in [-0.3, -0.25) is 4.79 Å². The minimum Gasteiger partial charge on any atom is -0.481 e. The SMILES string of the molecule is COc1cc(CNC(=O)c2cc(-c3ccccc3)nc3c2cnn3Cc2ccco2)ccn1. The van der Waals surface area contributed by atoms with E-state index in [2.05, 4.69) is 15.4 Å². The molecule has 164 valence electrons. The van der Waals surface area contributed by atoms with E-state index in [1.54, 1.807) is 42.6 Å². The van der Waals surface area contributed by atoms with Gasteiger partial charge >= 0.3 is 0 Å². The number of benzene rings is 1. The predicted molar refractivity (Wildman–Crippen MR) is 123 cm³/mol. The number of rotatable bonds is 7. The zero-order valence-electron chi connectivity index (χ0n) is 17.9. The molecule has 0 atom stereocenters. The van der Waals surface area contributed by atoms with Gasteiger partial charge < -0.3 is 14.5 Å². The number of nitrogens with one attached hydrogen (secondary N) is 1. The van der Waals surface area contributed by atoms with Crippen LogP contribution in [0.2, 0.25) is 0 Å². The first-order valence-electron chi connectivity index (χ1n) is 10.4. The second-order valence-electron chi connectivity index (χ2n) is 7.43. The molecule has 1 aromatic carbocycles. The molecule has 0 fully saturated rings. The van der Waals surface area contributed by atoms with Crippen molar-refractivity contribution in [3.63, 3.8) is 0 Å². The van der Waals surface area contributed by atoms with Crippen LogP contribution in [-0.2, 0) is 13.1 Å². The number of hydrogen-bond donors (Lipinski definition) is 1. The molecule has 0 unspecified atom stereocenters. The van der Waals surface area contributed by atoms with Gasteiger partial charge in [0.25, 0.3) is 5.91 Å². The van der Waals surface area contributed by atoms with Crippen molar-refractivity contribution in [2.45, 2.75) is 13.1 Å². The summed E-state index contributed by atoms with van der Waals surface area (Å²) in [7, 11) is 1.56. The number of methoxy groups -OCH3 is 1. The zero-order chi connectivity index (χ0) is 22.6. The van der Waals surface area contributed by atoms with Crippen molar-refractivity contribution in [1.82, 2.24) is 25.1 Å². The lowest BCUT2D eigenvalue weighted by atomic mass is 10.1. The van der Waals surface area contributed by atoms with Crippen LogP contribution in [0, 0.1) is 0 Å². The standard InChI is InChI=1S/C25H21N5O3/c1-32-23-12-17(9-10-26-23)14-27-25(31)20-13-22(18-6-3-2-4-7-18)29-24-21(20)15-28-30(24)16-19-8-5-11-33-19/h2-13,15H,14,16H2,1H3,(H,27,31). The van der Waals surface area contributed by atoms with Gasteiger partial charge in [0.15, 0.2) is 5.65 Å². The van der Waals surface area contributed by atoms with Crippen molar-refractivity contribution in [3.05, 3.63) is 96.2 Å². The van der Waals surface area contributed by atoms with Crippen molar-refractivity contribution in [2.75, 3.05) is 7.11 Å². The number of furan rings is 1. The Morgan fingerprint density at radius 1 is 1.12 bits per heavy atom. The number of nitrogens with zero attached hydrogens (tertiary/aromatic N) is 4. The molecule has 4 heterocycles. The van der Waals surface area contributed by atoms with Gasteiger partial charge in [-0.15, -0.1) is 0 Å². The fourth-order valence-corrected chi connectivity index (χ4v) is 3.61. The van der Waals surface area contributed by atoms with E-state index in [-0.39, 0.29) is 5.91 Å². The topological polar surface area (TPSA) is 95.1 Å². The molecule has 0 saturated carbocycles. The summed E-state index contributed by atoms with van der Waals surface area (Å²) in [6, 6.07) is 18.9. The summed E-state index contributed by atoms with van der Waals surface area (Å²) in [6.07, 6.45) is 4.94. The average Bonchev–Trinajstić information content (AvgIpc) is 3.53. The van der Waals surface area contributed by atoms with E-state index in [0.29, 0.717) is 41.3 Å². The molecule has 0 spiro atoms. The fourth-order valence-electron chi connectivity index (χ4n) is 3.61. The molecule has 0 aliphatic heterocycles. The molecule has 0 bridgehead atoms. The van der Waals surface area contributed by atoms with E-state index >= 15 is 0 Å². The number of pyridine rings is 2. The van der Waals surface area contributed by atoms with Crippen LogP contribution in [-0.4, -0.2) is 32.8 Å². The van der Waals surface area contributed by atoms with Gasteiger partial charge in [0.2, 0.25) is 5.88 Å². The molecule has 0 aliphatic carbocycles. The third kappa shape index (κ3) is 4.31. The van der Waals surface area contributed by atoms with Crippen molar-refractivity contribution >= 4 is 16.9 Å². The number of carbonyl (C=O) groups excluding carboxylic acids is 1. The monoisotopic (exact) mass is 439 g/mol. The Hall–Kier alpha value is -4.46. The van der Waals surface area contributed by atoms with Crippen LogP contribution in [0.3, 0.4) is 0 Å². The summed E-state index contributed by atoms with van der Waals surface area (Å²) < 4.78 is 12.4. The highest BCUT2D eigenvalue weighted by Crippen LogP contribution is 2.25. The summed E-state index contributed by atoms with van der Waals surface area (Å²) in [4.78, 5) is 22.2. The Bertz CT molecular complexity index is 1390. The largest absolute Gasteiger partial charge is 0.481 e. The number of fused-ring (bicyclic) bond motifs is 1. The van der Waals surface area contributed by atoms with Crippen LogP contribution in [0.25, 0.3) is 22.3 Å². The summed E-state index contributed by atoms with van der Waals surface area (Å²) in [6.45, 7) is 0.752. The van der Waals surface area contributed by atoms with Gasteiger partial charge in [0, 0.05) is 24.4 Å². The smallest absolute Gasteiger partial charge is 0.252 e. The molecule has 1 N–H and O–H groups in total. The third-order valence-corrected chi connectivity index (χ3v) is 5.27. The molecule has 5 rings (SSSR count). The average molecular weight is 439 g/mol. The fraction of sp³-hybridized carbons (Fsp3) is 0.120.